The molecule has 0 aromatic rings. The number of hydrogen-bond acceptors (Lipinski definition) is 3. The lowest BCUT2D eigenvalue weighted by molar-refractivity contribution is -0.151. The van der Waals surface area contributed by atoms with Crippen LogP contribution in [0.2, 0.25) is 0 Å². The van der Waals surface area contributed by atoms with E-state index in [4.69, 9.17) is 5.11 Å². The number of aliphatic hydroxyl groups is 1. The highest BCUT2D eigenvalue weighted by atomic mass is 16.4. The fourth-order valence-corrected chi connectivity index (χ4v) is 2.12. The zero-order chi connectivity index (χ0) is 13.2. The third-order valence-corrected chi connectivity index (χ3v) is 3.52. The van der Waals surface area contributed by atoms with Crippen molar-refractivity contribution in [2.24, 2.45) is 11.8 Å². The van der Waals surface area contributed by atoms with Gasteiger partial charge >= 0.3 is 5.97 Å². The summed E-state index contributed by atoms with van der Waals surface area (Å²) in [4.78, 5) is 24.5. The molecule has 1 rings (SSSR count). The van der Waals surface area contributed by atoms with Crippen molar-refractivity contribution in [2.45, 2.75) is 39.2 Å². The molecular weight excluding hydrogens is 222 g/mol. The number of carbonyl (C=O) groups excluding carboxylic acids is 1. The molecule has 98 valence electrons. The number of piperidine rings is 1. The van der Waals surface area contributed by atoms with Crippen molar-refractivity contribution in [3.63, 3.8) is 0 Å². The Hall–Kier alpha value is -1.10. The molecule has 0 saturated carbocycles. The fourth-order valence-electron chi connectivity index (χ4n) is 2.12. The molecule has 0 radical (unpaired) electrons. The van der Waals surface area contributed by atoms with Gasteiger partial charge in [-0.15, -0.1) is 0 Å². The monoisotopic (exact) mass is 243 g/mol. The molecule has 2 N–H and O–H groups in total. The molecule has 1 amide bonds. The number of carboxylic acids is 1. The smallest absolute Gasteiger partial charge is 0.307 e. The largest absolute Gasteiger partial charge is 0.481 e. The van der Waals surface area contributed by atoms with Gasteiger partial charge in [-0.2, -0.15) is 0 Å². The van der Waals surface area contributed by atoms with Crippen molar-refractivity contribution < 1.29 is 19.8 Å². The summed E-state index contributed by atoms with van der Waals surface area (Å²) in [6.07, 6.45) is 1.44. The molecule has 0 spiro atoms. The number of β-amino-alcohol motifs (C(OH)–C–C–N with tert-alkyl or cyclic N) is 1. The minimum atomic E-state index is -0.963. The van der Waals surface area contributed by atoms with Crippen LogP contribution in [0, 0.1) is 11.8 Å². The Morgan fingerprint density at radius 3 is 2.35 bits per heavy atom. The molecule has 1 aliphatic heterocycles. The second-order valence-corrected chi connectivity index (χ2v) is 5.28. The molecule has 0 aromatic heterocycles. The minimum Gasteiger partial charge on any atom is -0.481 e. The summed E-state index contributed by atoms with van der Waals surface area (Å²) in [5.74, 6) is -2.40. The molecule has 17 heavy (non-hydrogen) atoms. The highest BCUT2D eigenvalue weighted by molar-refractivity contribution is 5.84. The van der Waals surface area contributed by atoms with E-state index in [1.54, 1.807) is 18.7 Å². The lowest BCUT2D eigenvalue weighted by Gasteiger charge is -2.38. The first-order valence-electron chi connectivity index (χ1n) is 5.98. The zero-order valence-corrected chi connectivity index (χ0v) is 10.6. The van der Waals surface area contributed by atoms with Crippen LogP contribution in [0.15, 0.2) is 0 Å². The number of likely N-dealkylation sites (tertiary alicyclic amines) is 1. The van der Waals surface area contributed by atoms with Gasteiger partial charge < -0.3 is 15.1 Å². The van der Waals surface area contributed by atoms with Crippen molar-refractivity contribution in [3.05, 3.63) is 0 Å². The van der Waals surface area contributed by atoms with Crippen LogP contribution in [0.4, 0.5) is 0 Å². The van der Waals surface area contributed by atoms with Gasteiger partial charge in [-0.1, -0.05) is 13.8 Å². The van der Waals surface area contributed by atoms with Crippen molar-refractivity contribution in [3.8, 4) is 0 Å². The van der Waals surface area contributed by atoms with Crippen molar-refractivity contribution in [2.75, 3.05) is 13.1 Å². The van der Waals surface area contributed by atoms with Crippen LogP contribution in [0.3, 0.4) is 0 Å². The molecule has 0 bridgehead atoms. The number of amides is 1. The number of hydrogen-bond donors (Lipinski definition) is 2. The van der Waals surface area contributed by atoms with E-state index in [1.165, 1.54) is 6.92 Å². The summed E-state index contributed by atoms with van der Waals surface area (Å²) in [6.45, 7) is 5.77. The van der Waals surface area contributed by atoms with Gasteiger partial charge in [-0.05, 0) is 19.8 Å². The number of carboxylic acid groups (broad SMARTS) is 1. The Kier molecular flexibility index (Phi) is 4.14. The number of carbonyl (C=O) groups is 2. The highest BCUT2D eigenvalue weighted by Crippen LogP contribution is 2.23. The van der Waals surface area contributed by atoms with Gasteiger partial charge in [0.1, 0.15) is 0 Å². The summed E-state index contributed by atoms with van der Waals surface area (Å²) in [5, 5.41) is 18.8. The SMILES string of the molecule is CC(C(=O)O)C(C)C(=O)N1CCCC(C)(O)C1. The molecule has 3 atom stereocenters. The second-order valence-electron chi connectivity index (χ2n) is 5.28. The lowest BCUT2D eigenvalue weighted by Crippen LogP contribution is -2.51. The van der Waals surface area contributed by atoms with Gasteiger partial charge in [0.05, 0.1) is 11.5 Å². The maximum atomic E-state index is 12.1. The molecule has 0 aromatic carbocycles. The van der Waals surface area contributed by atoms with Crippen molar-refractivity contribution in [1.82, 2.24) is 4.90 Å². The van der Waals surface area contributed by atoms with Gasteiger partial charge in [0.15, 0.2) is 0 Å². The van der Waals surface area contributed by atoms with Crippen LogP contribution in [-0.4, -0.2) is 45.7 Å². The molecule has 0 aliphatic carbocycles. The summed E-state index contributed by atoms with van der Waals surface area (Å²) in [5.41, 5.74) is -0.847. The molecule has 1 aliphatic rings. The van der Waals surface area contributed by atoms with Gasteiger partial charge in [-0.3, -0.25) is 9.59 Å². The summed E-state index contributed by atoms with van der Waals surface area (Å²) >= 11 is 0. The summed E-state index contributed by atoms with van der Waals surface area (Å²) in [6, 6.07) is 0. The van der Waals surface area contributed by atoms with E-state index in [9.17, 15) is 14.7 Å². The minimum absolute atomic E-state index is 0.181. The van der Waals surface area contributed by atoms with E-state index in [-0.39, 0.29) is 5.91 Å². The third-order valence-electron chi connectivity index (χ3n) is 3.52. The van der Waals surface area contributed by atoms with Crippen molar-refractivity contribution >= 4 is 11.9 Å². The van der Waals surface area contributed by atoms with Gasteiger partial charge in [0.2, 0.25) is 5.91 Å². The molecule has 3 unspecified atom stereocenters. The molecule has 5 nitrogen and oxygen atoms in total. The Labute approximate surface area is 101 Å². The van der Waals surface area contributed by atoms with Crippen LogP contribution >= 0.6 is 0 Å². The second kappa shape index (κ2) is 5.04. The maximum absolute atomic E-state index is 12.1. The quantitative estimate of drug-likeness (QED) is 0.765. The Morgan fingerprint density at radius 1 is 1.29 bits per heavy atom. The van der Waals surface area contributed by atoms with Crippen LogP contribution in [0.5, 0.6) is 0 Å². The van der Waals surface area contributed by atoms with Gasteiger partial charge in [0.25, 0.3) is 0 Å². The first-order valence-corrected chi connectivity index (χ1v) is 5.98. The van der Waals surface area contributed by atoms with E-state index in [0.717, 1.165) is 6.42 Å². The van der Waals surface area contributed by atoms with Crippen LogP contribution < -0.4 is 0 Å². The average Bonchev–Trinajstić information content (AvgIpc) is 2.24. The van der Waals surface area contributed by atoms with Crippen LogP contribution in [-0.2, 0) is 9.59 Å². The van der Waals surface area contributed by atoms with Gasteiger partial charge in [-0.25, -0.2) is 0 Å². The predicted molar refractivity (Wildman–Crippen MR) is 62.4 cm³/mol. The van der Waals surface area contributed by atoms with Crippen LogP contribution in [0.1, 0.15) is 33.6 Å². The summed E-state index contributed by atoms with van der Waals surface area (Å²) in [7, 11) is 0. The summed E-state index contributed by atoms with van der Waals surface area (Å²) < 4.78 is 0. The molecular formula is C12H21NO4. The maximum Gasteiger partial charge on any atom is 0.307 e. The Morgan fingerprint density at radius 2 is 1.88 bits per heavy atom. The number of rotatable bonds is 3. The van der Waals surface area contributed by atoms with Crippen LogP contribution in [0.25, 0.3) is 0 Å². The highest BCUT2D eigenvalue weighted by Gasteiger charge is 2.35. The lowest BCUT2D eigenvalue weighted by atomic mass is 9.91. The third kappa shape index (κ3) is 3.43. The van der Waals surface area contributed by atoms with E-state index >= 15 is 0 Å². The van der Waals surface area contributed by atoms with Crippen molar-refractivity contribution in [1.29, 1.82) is 0 Å². The molecule has 1 saturated heterocycles. The average molecular weight is 243 g/mol. The Bertz CT molecular complexity index is 314. The number of aliphatic carboxylic acids is 1. The predicted octanol–water partition coefficient (Wildman–Crippen LogP) is 0.717. The molecule has 1 fully saturated rings. The van der Waals surface area contributed by atoms with E-state index in [0.29, 0.717) is 19.5 Å². The van der Waals surface area contributed by atoms with E-state index in [2.05, 4.69) is 0 Å². The Balaban J connectivity index is 2.66. The molecule has 5 heteroatoms. The molecule has 1 heterocycles. The zero-order valence-electron chi connectivity index (χ0n) is 10.6. The first-order chi connectivity index (χ1) is 7.74. The topological polar surface area (TPSA) is 77.8 Å². The standard InChI is InChI=1S/C12H21NO4/c1-8(9(2)11(15)16)10(14)13-6-4-5-12(3,17)7-13/h8-9,17H,4-7H2,1-3H3,(H,15,16). The normalized spacial score (nSPS) is 28.6. The van der Waals surface area contributed by atoms with E-state index < -0.39 is 23.4 Å². The first kappa shape index (κ1) is 14.0. The fraction of sp³-hybridized carbons (Fsp3) is 0.833. The van der Waals surface area contributed by atoms with Gasteiger partial charge in [0, 0.05) is 19.0 Å². The van der Waals surface area contributed by atoms with E-state index in [1.807, 2.05) is 0 Å². The number of nitrogens with zero attached hydrogens (tertiary/aromatic N) is 1.